The van der Waals surface area contributed by atoms with Gasteiger partial charge in [0.2, 0.25) is 0 Å². The van der Waals surface area contributed by atoms with E-state index in [0.717, 1.165) is 29.1 Å². The first-order valence-corrected chi connectivity index (χ1v) is 6.89. The molecule has 1 aromatic heterocycles. The Hall–Kier alpha value is -2.56. The van der Waals surface area contributed by atoms with Crippen LogP contribution in [0.15, 0.2) is 35.4 Å². The molecule has 0 atom stereocenters. The third-order valence-corrected chi connectivity index (χ3v) is 3.45. The lowest BCUT2D eigenvalue weighted by Crippen LogP contribution is -2.24. The number of nitrogens with one attached hydrogen (secondary N) is 1. The Balaban J connectivity index is 2.34. The van der Waals surface area contributed by atoms with Crippen LogP contribution in [0.2, 0.25) is 0 Å². The highest BCUT2D eigenvalue weighted by Crippen LogP contribution is 2.20. The van der Waals surface area contributed by atoms with Crippen LogP contribution in [0.5, 0.6) is 0 Å². The van der Waals surface area contributed by atoms with E-state index >= 15 is 0 Å². The molecule has 0 aliphatic rings. The number of hydrogen-bond donors (Lipinski definition) is 2. The molecule has 21 heavy (non-hydrogen) atoms. The van der Waals surface area contributed by atoms with E-state index in [1.807, 2.05) is 19.9 Å². The molecule has 1 heterocycles. The molecular formula is C16H20N4O. The van der Waals surface area contributed by atoms with Gasteiger partial charge in [0.1, 0.15) is 0 Å². The number of benzene rings is 1. The SMILES string of the molecule is CCc1ccc(-n2c(C)cc(/C=N/NC(N)=O)c2C)cc1. The minimum atomic E-state index is -0.671. The maximum Gasteiger partial charge on any atom is 0.332 e. The molecule has 0 bridgehead atoms. The quantitative estimate of drug-likeness (QED) is 0.657. The van der Waals surface area contributed by atoms with E-state index in [2.05, 4.69) is 46.3 Å². The molecule has 0 aliphatic carbocycles. The molecule has 1 aromatic carbocycles. The second-order valence-electron chi connectivity index (χ2n) is 4.92. The summed E-state index contributed by atoms with van der Waals surface area (Å²) in [6, 6.07) is 9.85. The van der Waals surface area contributed by atoms with Gasteiger partial charge in [-0.2, -0.15) is 5.10 Å². The summed E-state index contributed by atoms with van der Waals surface area (Å²) in [5, 5.41) is 3.81. The first-order valence-electron chi connectivity index (χ1n) is 6.89. The van der Waals surface area contributed by atoms with Crippen molar-refractivity contribution in [3.63, 3.8) is 0 Å². The van der Waals surface area contributed by atoms with Crippen molar-refractivity contribution in [3.8, 4) is 5.69 Å². The second-order valence-corrected chi connectivity index (χ2v) is 4.92. The van der Waals surface area contributed by atoms with E-state index in [4.69, 9.17) is 5.73 Å². The lowest BCUT2D eigenvalue weighted by molar-refractivity contribution is 0.249. The molecular weight excluding hydrogens is 264 g/mol. The molecule has 0 radical (unpaired) electrons. The summed E-state index contributed by atoms with van der Waals surface area (Å²) in [5.74, 6) is 0. The third kappa shape index (κ3) is 3.31. The van der Waals surface area contributed by atoms with Gasteiger partial charge in [-0.05, 0) is 44.0 Å². The third-order valence-electron chi connectivity index (χ3n) is 3.45. The summed E-state index contributed by atoms with van der Waals surface area (Å²) in [6.45, 7) is 6.20. The average Bonchev–Trinajstić information content (AvgIpc) is 2.73. The van der Waals surface area contributed by atoms with Gasteiger partial charge in [-0.15, -0.1) is 0 Å². The normalized spacial score (nSPS) is 11.0. The zero-order valence-corrected chi connectivity index (χ0v) is 12.6. The fourth-order valence-corrected chi connectivity index (χ4v) is 2.36. The lowest BCUT2D eigenvalue weighted by atomic mass is 10.1. The van der Waals surface area contributed by atoms with Crippen molar-refractivity contribution in [1.29, 1.82) is 0 Å². The number of nitrogens with zero attached hydrogens (tertiary/aromatic N) is 2. The number of nitrogens with two attached hydrogens (primary N) is 1. The van der Waals surface area contributed by atoms with Gasteiger partial charge < -0.3 is 10.3 Å². The first-order chi connectivity index (χ1) is 10.0. The summed E-state index contributed by atoms with van der Waals surface area (Å²) in [4.78, 5) is 10.6. The number of urea groups is 1. The molecule has 2 aromatic rings. The van der Waals surface area contributed by atoms with E-state index < -0.39 is 6.03 Å². The van der Waals surface area contributed by atoms with Crippen molar-refractivity contribution in [2.45, 2.75) is 27.2 Å². The van der Waals surface area contributed by atoms with Gasteiger partial charge in [0.25, 0.3) is 0 Å². The first kappa shape index (κ1) is 14.8. The molecule has 0 fully saturated rings. The van der Waals surface area contributed by atoms with Crippen molar-refractivity contribution in [3.05, 3.63) is 52.8 Å². The zero-order chi connectivity index (χ0) is 15.4. The molecule has 0 saturated heterocycles. The molecule has 0 unspecified atom stereocenters. The zero-order valence-electron chi connectivity index (χ0n) is 12.6. The van der Waals surface area contributed by atoms with Crippen LogP contribution < -0.4 is 11.2 Å². The predicted octanol–water partition coefficient (Wildman–Crippen LogP) is 2.66. The summed E-state index contributed by atoms with van der Waals surface area (Å²) in [7, 11) is 0. The fraction of sp³-hybridized carbons (Fsp3) is 0.250. The van der Waals surface area contributed by atoms with Crippen LogP contribution in [0.3, 0.4) is 0 Å². The Morgan fingerprint density at radius 2 is 2.00 bits per heavy atom. The number of aromatic nitrogens is 1. The minimum Gasteiger partial charge on any atom is -0.350 e. The van der Waals surface area contributed by atoms with Crippen molar-refractivity contribution < 1.29 is 4.79 Å². The maximum absolute atomic E-state index is 10.6. The Morgan fingerprint density at radius 3 is 2.57 bits per heavy atom. The number of hydrazone groups is 1. The Labute approximate surface area is 124 Å². The largest absolute Gasteiger partial charge is 0.350 e. The minimum absolute atomic E-state index is 0.671. The van der Waals surface area contributed by atoms with Gasteiger partial charge >= 0.3 is 6.03 Å². The number of hydrogen-bond acceptors (Lipinski definition) is 2. The van der Waals surface area contributed by atoms with Crippen LogP contribution >= 0.6 is 0 Å². The number of rotatable bonds is 4. The average molecular weight is 284 g/mol. The van der Waals surface area contributed by atoms with Gasteiger partial charge in [-0.25, -0.2) is 10.2 Å². The van der Waals surface area contributed by atoms with Crippen molar-refractivity contribution >= 4 is 12.2 Å². The van der Waals surface area contributed by atoms with Crippen molar-refractivity contribution in [2.24, 2.45) is 10.8 Å². The van der Waals surface area contributed by atoms with Crippen LogP contribution in [-0.2, 0) is 6.42 Å². The van der Waals surface area contributed by atoms with Crippen LogP contribution in [0.25, 0.3) is 5.69 Å². The molecule has 2 rings (SSSR count). The molecule has 5 heteroatoms. The predicted molar refractivity (Wildman–Crippen MR) is 84.9 cm³/mol. The molecule has 0 spiro atoms. The topological polar surface area (TPSA) is 72.4 Å². The van der Waals surface area contributed by atoms with E-state index in [-0.39, 0.29) is 0 Å². The molecule has 2 amide bonds. The molecule has 5 nitrogen and oxygen atoms in total. The molecule has 3 N–H and O–H groups in total. The molecule has 0 saturated carbocycles. The monoisotopic (exact) mass is 284 g/mol. The van der Waals surface area contributed by atoms with E-state index in [1.165, 1.54) is 5.56 Å². The highest BCUT2D eigenvalue weighted by atomic mass is 16.2. The summed E-state index contributed by atoms with van der Waals surface area (Å²) in [6.07, 6.45) is 2.63. The Morgan fingerprint density at radius 1 is 1.33 bits per heavy atom. The lowest BCUT2D eigenvalue weighted by Gasteiger charge is -2.10. The van der Waals surface area contributed by atoms with Crippen LogP contribution in [-0.4, -0.2) is 16.8 Å². The summed E-state index contributed by atoms with van der Waals surface area (Å²) < 4.78 is 2.16. The van der Waals surface area contributed by atoms with E-state index in [1.54, 1.807) is 6.21 Å². The van der Waals surface area contributed by atoms with Gasteiger partial charge in [-0.3, -0.25) is 0 Å². The summed E-state index contributed by atoms with van der Waals surface area (Å²) >= 11 is 0. The van der Waals surface area contributed by atoms with Gasteiger partial charge in [0.05, 0.1) is 6.21 Å². The van der Waals surface area contributed by atoms with Crippen LogP contribution in [0.1, 0.15) is 29.4 Å². The number of amides is 2. The van der Waals surface area contributed by atoms with Gasteiger partial charge in [0, 0.05) is 22.6 Å². The smallest absolute Gasteiger partial charge is 0.332 e. The number of aryl methyl sites for hydroxylation is 2. The van der Waals surface area contributed by atoms with E-state index in [9.17, 15) is 4.79 Å². The highest BCUT2D eigenvalue weighted by molar-refractivity contribution is 5.83. The molecule has 0 aliphatic heterocycles. The Kier molecular flexibility index (Phi) is 4.42. The molecule has 110 valence electrons. The Bertz CT molecular complexity index is 668. The van der Waals surface area contributed by atoms with Crippen LogP contribution in [0.4, 0.5) is 4.79 Å². The standard InChI is InChI=1S/C16H20N4O/c1-4-13-5-7-15(8-6-13)20-11(2)9-14(12(20)3)10-18-19-16(17)21/h5-10H,4H2,1-3H3,(H3,17,19,21)/b18-10+. The highest BCUT2D eigenvalue weighted by Gasteiger charge is 2.09. The maximum atomic E-state index is 10.6. The van der Waals surface area contributed by atoms with Crippen LogP contribution in [0, 0.1) is 13.8 Å². The number of carbonyl (C=O) groups excluding carboxylic acids is 1. The van der Waals surface area contributed by atoms with Gasteiger partial charge in [-0.1, -0.05) is 19.1 Å². The summed E-state index contributed by atoms with van der Waals surface area (Å²) in [5.41, 5.74) is 12.7. The van der Waals surface area contributed by atoms with Gasteiger partial charge in [0.15, 0.2) is 0 Å². The number of primary amides is 1. The van der Waals surface area contributed by atoms with Crippen molar-refractivity contribution in [1.82, 2.24) is 9.99 Å². The van der Waals surface area contributed by atoms with E-state index in [0.29, 0.717) is 0 Å². The van der Waals surface area contributed by atoms with Crippen molar-refractivity contribution in [2.75, 3.05) is 0 Å². The number of carbonyl (C=O) groups is 1. The fourth-order valence-electron chi connectivity index (χ4n) is 2.36. The second kappa shape index (κ2) is 6.26.